The summed E-state index contributed by atoms with van der Waals surface area (Å²) in [7, 11) is 0. The number of hydrogen-bond acceptors (Lipinski definition) is 4. The lowest BCUT2D eigenvalue weighted by atomic mass is 10.1. The standard InChI is InChI=1S/C23H16Cl5N3O3/c1-12-4-2-3-5-13(12)10-31-9-8-16(30-31)29-23(32)15-7-6-14(34-15)11-33-22-20(27)18(25)17(24)19(26)21(22)28/h2-9H,10-11H2,1H3,(H,29,30,32). The molecule has 0 aliphatic rings. The molecule has 0 atom stereocenters. The Morgan fingerprint density at radius 3 is 2.35 bits per heavy atom. The summed E-state index contributed by atoms with van der Waals surface area (Å²) in [5.74, 6) is 0.433. The van der Waals surface area contributed by atoms with E-state index in [4.69, 9.17) is 67.2 Å². The third kappa shape index (κ3) is 5.32. The summed E-state index contributed by atoms with van der Waals surface area (Å²) in [6.45, 7) is 2.55. The highest BCUT2D eigenvalue weighted by Gasteiger charge is 2.21. The number of amides is 1. The molecule has 2 aromatic carbocycles. The summed E-state index contributed by atoms with van der Waals surface area (Å²) in [5, 5.41) is 7.22. The maximum atomic E-state index is 12.6. The van der Waals surface area contributed by atoms with Crippen LogP contribution >= 0.6 is 58.0 Å². The number of nitrogens with one attached hydrogen (secondary N) is 1. The van der Waals surface area contributed by atoms with Crippen LogP contribution in [0.3, 0.4) is 0 Å². The van der Waals surface area contributed by atoms with Gasteiger partial charge < -0.3 is 14.5 Å². The summed E-state index contributed by atoms with van der Waals surface area (Å²) in [6.07, 6.45) is 1.79. The molecule has 1 N–H and O–H groups in total. The largest absolute Gasteiger partial charge is 0.482 e. The number of ether oxygens (including phenoxy) is 1. The monoisotopic (exact) mass is 557 g/mol. The molecule has 2 heterocycles. The Morgan fingerprint density at radius 2 is 1.65 bits per heavy atom. The predicted octanol–water partition coefficient (Wildman–Crippen LogP) is 7.93. The number of aromatic nitrogens is 2. The van der Waals surface area contributed by atoms with Crippen molar-refractivity contribution in [3.8, 4) is 5.75 Å². The number of benzene rings is 2. The molecule has 34 heavy (non-hydrogen) atoms. The van der Waals surface area contributed by atoms with E-state index in [1.165, 1.54) is 11.6 Å². The van der Waals surface area contributed by atoms with Crippen molar-refractivity contribution >= 4 is 69.7 Å². The van der Waals surface area contributed by atoms with Crippen LogP contribution in [0.5, 0.6) is 5.75 Å². The smallest absolute Gasteiger partial charge is 0.292 e. The molecule has 0 radical (unpaired) electrons. The first-order chi connectivity index (χ1) is 16.2. The number of hydrogen-bond donors (Lipinski definition) is 1. The van der Waals surface area contributed by atoms with Crippen molar-refractivity contribution in [1.82, 2.24) is 9.78 Å². The zero-order chi connectivity index (χ0) is 24.4. The molecule has 0 bridgehead atoms. The van der Waals surface area contributed by atoms with E-state index in [-0.39, 0.29) is 43.2 Å². The minimum atomic E-state index is -0.457. The van der Waals surface area contributed by atoms with Gasteiger partial charge in [0.1, 0.15) is 22.4 Å². The maximum absolute atomic E-state index is 12.6. The topological polar surface area (TPSA) is 69.3 Å². The van der Waals surface area contributed by atoms with Gasteiger partial charge in [-0.1, -0.05) is 82.3 Å². The number of carbonyl (C=O) groups excluding carboxylic acids is 1. The molecule has 1 amide bonds. The van der Waals surface area contributed by atoms with Crippen molar-refractivity contribution in [2.45, 2.75) is 20.1 Å². The minimum Gasteiger partial charge on any atom is -0.482 e. The van der Waals surface area contributed by atoms with Gasteiger partial charge >= 0.3 is 0 Å². The number of anilines is 1. The first kappa shape index (κ1) is 24.8. The highest BCUT2D eigenvalue weighted by Crippen LogP contribution is 2.48. The van der Waals surface area contributed by atoms with Gasteiger partial charge in [-0.2, -0.15) is 5.10 Å². The van der Waals surface area contributed by atoms with Crippen LogP contribution in [-0.2, 0) is 13.2 Å². The SMILES string of the molecule is Cc1ccccc1Cn1ccc(NC(=O)c2ccc(COc3c(Cl)c(Cl)c(Cl)c(Cl)c3Cl)o2)n1. The van der Waals surface area contributed by atoms with Gasteiger partial charge in [-0.25, -0.2) is 0 Å². The molecule has 0 fully saturated rings. The Balaban J connectivity index is 1.39. The molecule has 4 rings (SSSR count). The van der Waals surface area contributed by atoms with Gasteiger partial charge in [0.25, 0.3) is 5.91 Å². The molecule has 11 heteroatoms. The van der Waals surface area contributed by atoms with Crippen molar-refractivity contribution in [3.05, 3.63) is 96.4 Å². The molecule has 0 aliphatic heterocycles. The van der Waals surface area contributed by atoms with Gasteiger partial charge in [-0.3, -0.25) is 9.48 Å². The highest BCUT2D eigenvalue weighted by atomic mass is 35.5. The number of carbonyl (C=O) groups is 1. The Bertz CT molecular complexity index is 1340. The van der Waals surface area contributed by atoms with Crippen LogP contribution in [0.2, 0.25) is 25.1 Å². The Kier molecular flexibility index (Phi) is 7.65. The van der Waals surface area contributed by atoms with Crippen LogP contribution in [0.4, 0.5) is 5.82 Å². The predicted molar refractivity (Wildman–Crippen MR) is 135 cm³/mol. The van der Waals surface area contributed by atoms with Crippen LogP contribution in [-0.4, -0.2) is 15.7 Å². The first-order valence-electron chi connectivity index (χ1n) is 9.87. The van der Waals surface area contributed by atoms with E-state index in [0.29, 0.717) is 18.1 Å². The second-order valence-electron chi connectivity index (χ2n) is 7.23. The fourth-order valence-corrected chi connectivity index (χ4v) is 4.32. The van der Waals surface area contributed by atoms with Gasteiger partial charge in [-0.15, -0.1) is 0 Å². The summed E-state index contributed by atoms with van der Waals surface area (Å²) in [4.78, 5) is 12.6. The lowest BCUT2D eigenvalue weighted by Crippen LogP contribution is -2.12. The fraction of sp³-hybridized carbons (Fsp3) is 0.130. The van der Waals surface area contributed by atoms with E-state index >= 15 is 0 Å². The average molecular weight is 560 g/mol. The normalized spacial score (nSPS) is 11.0. The fourth-order valence-electron chi connectivity index (χ4n) is 3.09. The van der Waals surface area contributed by atoms with Crippen molar-refractivity contribution in [2.24, 2.45) is 0 Å². The summed E-state index contributed by atoms with van der Waals surface area (Å²) in [5.41, 5.74) is 2.31. The maximum Gasteiger partial charge on any atom is 0.292 e. The van der Waals surface area contributed by atoms with Gasteiger partial charge in [0.05, 0.1) is 21.6 Å². The van der Waals surface area contributed by atoms with Crippen molar-refractivity contribution in [2.75, 3.05) is 5.32 Å². The molecule has 4 aromatic rings. The zero-order valence-electron chi connectivity index (χ0n) is 17.5. The van der Waals surface area contributed by atoms with Gasteiger partial charge in [-0.05, 0) is 30.2 Å². The summed E-state index contributed by atoms with van der Waals surface area (Å²) in [6, 6.07) is 12.9. The molecule has 6 nitrogen and oxygen atoms in total. The second kappa shape index (κ2) is 10.5. The third-order valence-electron chi connectivity index (χ3n) is 4.89. The average Bonchev–Trinajstić information content (AvgIpc) is 3.47. The molecule has 0 saturated carbocycles. The summed E-state index contributed by atoms with van der Waals surface area (Å²) < 4.78 is 12.9. The van der Waals surface area contributed by atoms with Crippen molar-refractivity contribution in [1.29, 1.82) is 0 Å². The van der Waals surface area contributed by atoms with E-state index in [0.717, 1.165) is 5.56 Å². The van der Waals surface area contributed by atoms with E-state index in [1.807, 2.05) is 31.2 Å². The molecule has 0 aliphatic carbocycles. The van der Waals surface area contributed by atoms with E-state index in [1.54, 1.807) is 23.0 Å². The molecule has 0 spiro atoms. The number of furan rings is 1. The van der Waals surface area contributed by atoms with Crippen molar-refractivity contribution < 1.29 is 13.9 Å². The van der Waals surface area contributed by atoms with Crippen LogP contribution in [0.25, 0.3) is 0 Å². The molecule has 0 unspecified atom stereocenters. The molecule has 2 aromatic heterocycles. The van der Waals surface area contributed by atoms with Crippen LogP contribution in [0.1, 0.15) is 27.4 Å². The van der Waals surface area contributed by atoms with Gasteiger partial charge in [0.2, 0.25) is 0 Å². The molecular weight excluding hydrogens is 544 g/mol. The first-order valence-corrected chi connectivity index (χ1v) is 11.8. The molecule has 176 valence electrons. The number of aryl methyl sites for hydroxylation is 1. The summed E-state index contributed by atoms with van der Waals surface area (Å²) >= 11 is 30.4. The lowest BCUT2D eigenvalue weighted by Gasteiger charge is -2.12. The Labute approximate surface area is 220 Å². The quantitative estimate of drug-likeness (QED) is 0.184. The third-order valence-corrected chi connectivity index (χ3v) is 7.13. The Morgan fingerprint density at radius 1 is 0.971 bits per heavy atom. The van der Waals surface area contributed by atoms with E-state index in [9.17, 15) is 4.79 Å². The molecule has 0 saturated heterocycles. The number of nitrogens with zero attached hydrogens (tertiary/aromatic N) is 2. The van der Waals surface area contributed by atoms with E-state index in [2.05, 4.69) is 10.4 Å². The van der Waals surface area contributed by atoms with E-state index < -0.39 is 5.91 Å². The van der Waals surface area contributed by atoms with Gasteiger partial charge in [0.15, 0.2) is 17.3 Å². The molecular formula is C23H16Cl5N3O3. The second-order valence-corrected chi connectivity index (χ2v) is 9.12. The highest BCUT2D eigenvalue weighted by molar-refractivity contribution is 6.55. The zero-order valence-corrected chi connectivity index (χ0v) is 21.3. The van der Waals surface area contributed by atoms with Gasteiger partial charge in [0, 0.05) is 12.3 Å². The van der Waals surface area contributed by atoms with Crippen LogP contribution in [0, 0.1) is 6.92 Å². The van der Waals surface area contributed by atoms with Crippen LogP contribution in [0.15, 0.2) is 53.1 Å². The van der Waals surface area contributed by atoms with Crippen LogP contribution < -0.4 is 10.1 Å². The minimum absolute atomic E-state index is 0.0203. The number of rotatable bonds is 7. The number of halogens is 5. The Hall–Kier alpha value is -2.35. The van der Waals surface area contributed by atoms with Crippen molar-refractivity contribution in [3.63, 3.8) is 0 Å². The lowest BCUT2D eigenvalue weighted by molar-refractivity contribution is 0.0992.